The molecule has 0 saturated heterocycles. The Morgan fingerprint density at radius 2 is 1.66 bits per heavy atom. The second-order valence-electron chi connectivity index (χ2n) is 7.06. The van der Waals surface area contributed by atoms with E-state index in [4.69, 9.17) is 4.74 Å². The van der Waals surface area contributed by atoms with Gasteiger partial charge in [0.05, 0.1) is 0 Å². The number of ether oxygens (including phenoxy) is 1. The van der Waals surface area contributed by atoms with Gasteiger partial charge in [0, 0.05) is 19.8 Å². The first-order valence-electron chi connectivity index (χ1n) is 9.13. The SMILES string of the molecule is CC(C)C(NC(=O)COc1ccccc1)C(=O)Nc1cc(F)c(N(C)C)c(F)c1. The molecule has 0 aliphatic heterocycles. The van der Waals surface area contributed by atoms with Gasteiger partial charge < -0.3 is 20.3 Å². The Labute approximate surface area is 168 Å². The van der Waals surface area contributed by atoms with E-state index in [9.17, 15) is 18.4 Å². The second kappa shape index (κ2) is 9.86. The third kappa shape index (κ3) is 6.17. The number of hydrogen-bond donors (Lipinski definition) is 2. The standard InChI is InChI=1S/C21H25F2N3O3/c1-13(2)19(25-18(27)12-29-15-8-6-5-7-9-15)21(28)24-14-10-16(22)20(26(3)4)17(23)11-14/h5-11,13,19H,12H2,1-4H3,(H,24,28)(H,25,27). The van der Waals surface area contributed by atoms with E-state index in [2.05, 4.69) is 10.6 Å². The highest BCUT2D eigenvalue weighted by Gasteiger charge is 2.25. The van der Waals surface area contributed by atoms with E-state index in [1.807, 2.05) is 6.07 Å². The fourth-order valence-corrected chi connectivity index (χ4v) is 2.70. The summed E-state index contributed by atoms with van der Waals surface area (Å²) in [6.45, 7) is 3.24. The molecule has 2 aromatic carbocycles. The van der Waals surface area contributed by atoms with Crippen molar-refractivity contribution in [2.45, 2.75) is 19.9 Å². The summed E-state index contributed by atoms with van der Waals surface area (Å²) in [6.07, 6.45) is 0. The van der Waals surface area contributed by atoms with Crippen molar-refractivity contribution in [2.75, 3.05) is 30.9 Å². The maximum Gasteiger partial charge on any atom is 0.258 e. The van der Waals surface area contributed by atoms with E-state index in [1.54, 1.807) is 38.1 Å². The Morgan fingerprint density at radius 3 is 2.17 bits per heavy atom. The van der Waals surface area contributed by atoms with E-state index in [1.165, 1.54) is 19.0 Å². The highest BCUT2D eigenvalue weighted by atomic mass is 19.1. The lowest BCUT2D eigenvalue weighted by molar-refractivity contribution is -0.128. The fourth-order valence-electron chi connectivity index (χ4n) is 2.70. The van der Waals surface area contributed by atoms with Crippen LogP contribution in [0, 0.1) is 17.6 Å². The zero-order chi connectivity index (χ0) is 21.6. The minimum Gasteiger partial charge on any atom is -0.484 e. The Balaban J connectivity index is 2.03. The topological polar surface area (TPSA) is 70.7 Å². The second-order valence-corrected chi connectivity index (χ2v) is 7.06. The molecule has 0 aliphatic rings. The van der Waals surface area contributed by atoms with Crippen LogP contribution in [-0.2, 0) is 9.59 Å². The lowest BCUT2D eigenvalue weighted by atomic mass is 10.0. The van der Waals surface area contributed by atoms with E-state index >= 15 is 0 Å². The van der Waals surface area contributed by atoms with Crippen molar-refractivity contribution in [3.8, 4) is 5.75 Å². The smallest absolute Gasteiger partial charge is 0.258 e. The van der Waals surface area contributed by atoms with Crippen LogP contribution < -0.4 is 20.3 Å². The van der Waals surface area contributed by atoms with Crippen LogP contribution in [0.15, 0.2) is 42.5 Å². The highest BCUT2D eigenvalue weighted by molar-refractivity contribution is 5.97. The van der Waals surface area contributed by atoms with Gasteiger partial charge in [-0.15, -0.1) is 0 Å². The van der Waals surface area contributed by atoms with Gasteiger partial charge in [-0.1, -0.05) is 32.0 Å². The molecule has 8 heteroatoms. The van der Waals surface area contributed by atoms with Crippen molar-refractivity contribution < 1.29 is 23.1 Å². The first kappa shape index (κ1) is 22.1. The molecule has 0 bridgehead atoms. The van der Waals surface area contributed by atoms with Gasteiger partial charge in [0.2, 0.25) is 5.91 Å². The van der Waals surface area contributed by atoms with Crippen LogP contribution in [0.25, 0.3) is 0 Å². The first-order chi connectivity index (χ1) is 13.7. The largest absolute Gasteiger partial charge is 0.484 e. The Hall–Kier alpha value is -3.16. The van der Waals surface area contributed by atoms with Crippen molar-refractivity contribution in [1.29, 1.82) is 0 Å². The summed E-state index contributed by atoms with van der Waals surface area (Å²) < 4.78 is 33.6. The minimum absolute atomic E-state index is 0.0314. The molecule has 0 radical (unpaired) electrons. The quantitative estimate of drug-likeness (QED) is 0.708. The maximum atomic E-state index is 14.1. The molecular formula is C21H25F2N3O3. The summed E-state index contributed by atoms with van der Waals surface area (Å²) >= 11 is 0. The molecule has 0 aliphatic carbocycles. The van der Waals surface area contributed by atoms with Gasteiger partial charge in [-0.05, 0) is 30.2 Å². The summed E-state index contributed by atoms with van der Waals surface area (Å²) in [5.74, 6) is -2.39. The number of para-hydroxylation sites is 1. The summed E-state index contributed by atoms with van der Waals surface area (Å²) in [7, 11) is 3.03. The van der Waals surface area contributed by atoms with Crippen LogP contribution in [-0.4, -0.2) is 38.6 Å². The van der Waals surface area contributed by atoms with Crippen LogP contribution in [0.1, 0.15) is 13.8 Å². The monoisotopic (exact) mass is 405 g/mol. The molecule has 1 unspecified atom stereocenters. The van der Waals surface area contributed by atoms with E-state index in [0.29, 0.717) is 5.75 Å². The molecule has 2 N–H and O–H groups in total. The number of benzene rings is 2. The van der Waals surface area contributed by atoms with Gasteiger partial charge in [0.1, 0.15) is 17.5 Å². The third-order valence-corrected chi connectivity index (χ3v) is 4.11. The lowest BCUT2D eigenvalue weighted by Gasteiger charge is -2.22. The van der Waals surface area contributed by atoms with Crippen LogP contribution in [0.4, 0.5) is 20.2 Å². The number of nitrogens with zero attached hydrogens (tertiary/aromatic N) is 1. The molecule has 2 amide bonds. The number of carbonyl (C=O) groups excluding carboxylic acids is 2. The average Bonchev–Trinajstić information content (AvgIpc) is 2.64. The third-order valence-electron chi connectivity index (χ3n) is 4.11. The van der Waals surface area contributed by atoms with E-state index < -0.39 is 29.5 Å². The number of anilines is 2. The predicted octanol–water partition coefficient (Wildman–Crippen LogP) is 3.19. The van der Waals surface area contributed by atoms with Crippen molar-refractivity contribution >= 4 is 23.2 Å². The van der Waals surface area contributed by atoms with Crippen molar-refractivity contribution in [1.82, 2.24) is 5.32 Å². The molecule has 2 aromatic rings. The van der Waals surface area contributed by atoms with Crippen LogP contribution in [0.2, 0.25) is 0 Å². The normalized spacial score (nSPS) is 11.7. The molecule has 156 valence electrons. The number of amides is 2. The number of hydrogen-bond acceptors (Lipinski definition) is 4. The average molecular weight is 405 g/mol. The Kier molecular flexibility index (Phi) is 7.52. The molecule has 0 fully saturated rings. The van der Waals surface area contributed by atoms with E-state index in [0.717, 1.165) is 12.1 Å². The fraction of sp³-hybridized carbons (Fsp3) is 0.333. The molecule has 2 rings (SSSR count). The summed E-state index contributed by atoms with van der Waals surface area (Å²) in [6, 6.07) is 9.96. The number of halogens is 2. The molecule has 0 spiro atoms. The zero-order valence-electron chi connectivity index (χ0n) is 16.8. The van der Waals surface area contributed by atoms with Gasteiger partial charge in [-0.25, -0.2) is 8.78 Å². The van der Waals surface area contributed by atoms with Gasteiger partial charge in [-0.2, -0.15) is 0 Å². The van der Waals surface area contributed by atoms with Crippen LogP contribution in [0.5, 0.6) is 5.75 Å². The number of nitrogens with one attached hydrogen (secondary N) is 2. The molecule has 0 saturated carbocycles. The van der Waals surface area contributed by atoms with Crippen molar-refractivity contribution in [3.63, 3.8) is 0 Å². The van der Waals surface area contributed by atoms with Gasteiger partial charge in [0.25, 0.3) is 5.91 Å². The highest BCUT2D eigenvalue weighted by Crippen LogP contribution is 2.25. The van der Waals surface area contributed by atoms with Gasteiger partial charge >= 0.3 is 0 Å². The van der Waals surface area contributed by atoms with Crippen LogP contribution >= 0.6 is 0 Å². The summed E-state index contributed by atoms with van der Waals surface area (Å²) in [4.78, 5) is 26.1. The molecule has 1 atom stereocenters. The molecular weight excluding hydrogens is 380 g/mol. The van der Waals surface area contributed by atoms with E-state index in [-0.39, 0.29) is 23.9 Å². The Morgan fingerprint density at radius 1 is 1.07 bits per heavy atom. The minimum atomic E-state index is -0.901. The number of carbonyl (C=O) groups is 2. The first-order valence-corrected chi connectivity index (χ1v) is 9.13. The number of rotatable bonds is 8. The maximum absolute atomic E-state index is 14.1. The van der Waals surface area contributed by atoms with Gasteiger partial charge in [-0.3, -0.25) is 9.59 Å². The molecule has 6 nitrogen and oxygen atoms in total. The van der Waals surface area contributed by atoms with Crippen molar-refractivity contribution in [2.24, 2.45) is 5.92 Å². The molecule has 29 heavy (non-hydrogen) atoms. The lowest BCUT2D eigenvalue weighted by Crippen LogP contribution is -2.48. The van der Waals surface area contributed by atoms with Crippen molar-refractivity contribution in [3.05, 3.63) is 54.1 Å². The Bertz CT molecular complexity index is 834. The zero-order valence-corrected chi connectivity index (χ0v) is 16.8. The van der Waals surface area contributed by atoms with Crippen LogP contribution in [0.3, 0.4) is 0 Å². The predicted molar refractivity (Wildman–Crippen MR) is 108 cm³/mol. The molecule has 0 aromatic heterocycles. The summed E-state index contributed by atoms with van der Waals surface area (Å²) in [5.41, 5.74) is -0.231. The molecule has 0 heterocycles. The van der Waals surface area contributed by atoms with Gasteiger partial charge in [0.15, 0.2) is 18.2 Å². The summed E-state index contributed by atoms with van der Waals surface area (Å²) in [5, 5.41) is 5.05.